The van der Waals surface area contributed by atoms with Gasteiger partial charge in [0.1, 0.15) is 6.07 Å². The third-order valence-corrected chi connectivity index (χ3v) is 2.82. The lowest BCUT2D eigenvalue weighted by Crippen LogP contribution is -2.56. The molecule has 1 heterocycles. The van der Waals surface area contributed by atoms with Crippen LogP contribution in [0.4, 0.5) is 5.69 Å². The summed E-state index contributed by atoms with van der Waals surface area (Å²) in [7, 11) is 0. The highest BCUT2D eigenvalue weighted by Crippen LogP contribution is 2.26. The van der Waals surface area contributed by atoms with E-state index in [1.165, 1.54) is 0 Å². The quantitative estimate of drug-likeness (QED) is 0.823. The third kappa shape index (κ3) is 1.61. The van der Waals surface area contributed by atoms with Gasteiger partial charge in [0.2, 0.25) is 0 Å². The molecule has 0 aliphatic carbocycles. The molecule has 0 spiro atoms. The van der Waals surface area contributed by atoms with Gasteiger partial charge in [-0.25, -0.2) is 0 Å². The summed E-state index contributed by atoms with van der Waals surface area (Å²) in [4.78, 5) is 2.12. The first kappa shape index (κ1) is 9.50. The van der Waals surface area contributed by atoms with Crippen molar-refractivity contribution < 1.29 is 0 Å². The van der Waals surface area contributed by atoms with Crippen LogP contribution in [0.3, 0.4) is 0 Å². The first-order chi connectivity index (χ1) is 6.70. The van der Waals surface area contributed by atoms with Gasteiger partial charge in [-0.05, 0) is 18.2 Å². The highest BCUT2D eigenvalue weighted by Gasteiger charge is 2.24. The van der Waals surface area contributed by atoms with Gasteiger partial charge >= 0.3 is 0 Å². The summed E-state index contributed by atoms with van der Waals surface area (Å²) < 4.78 is 0.933. The molecule has 1 fully saturated rings. The summed E-state index contributed by atoms with van der Waals surface area (Å²) in [5.74, 6) is 0. The molecule has 0 saturated carbocycles. The van der Waals surface area contributed by atoms with Crippen molar-refractivity contribution in [2.75, 3.05) is 18.0 Å². The molecule has 0 radical (unpaired) electrons. The number of hydrogen-bond donors (Lipinski definition) is 1. The summed E-state index contributed by atoms with van der Waals surface area (Å²) in [6.45, 7) is 1.69. The molecule has 2 rings (SSSR count). The number of halogens is 1. The van der Waals surface area contributed by atoms with E-state index < -0.39 is 0 Å². The summed E-state index contributed by atoms with van der Waals surface area (Å²) in [5, 5.41) is 8.95. The van der Waals surface area contributed by atoms with Gasteiger partial charge in [0.15, 0.2) is 0 Å². The van der Waals surface area contributed by atoms with Crippen LogP contribution in [0.1, 0.15) is 5.56 Å². The average molecular weight is 252 g/mol. The number of nitriles is 1. The topological polar surface area (TPSA) is 53.0 Å². The average Bonchev–Trinajstić information content (AvgIpc) is 2.13. The molecule has 0 unspecified atom stereocenters. The fraction of sp³-hybridized carbons (Fsp3) is 0.300. The smallest absolute Gasteiger partial charge is 0.101 e. The Morgan fingerprint density at radius 2 is 2.21 bits per heavy atom. The highest BCUT2D eigenvalue weighted by atomic mass is 79.9. The second kappa shape index (κ2) is 3.60. The molecule has 14 heavy (non-hydrogen) atoms. The van der Waals surface area contributed by atoms with Crippen LogP contribution in [0.15, 0.2) is 22.7 Å². The van der Waals surface area contributed by atoms with Gasteiger partial charge in [-0.1, -0.05) is 15.9 Å². The zero-order chi connectivity index (χ0) is 10.1. The van der Waals surface area contributed by atoms with E-state index in [1.54, 1.807) is 0 Å². The van der Waals surface area contributed by atoms with E-state index in [9.17, 15) is 0 Å². The Hall–Kier alpha value is -1.05. The third-order valence-electron chi connectivity index (χ3n) is 2.33. The van der Waals surface area contributed by atoms with Crippen LogP contribution in [-0.4, -0.2) is 19.1 Å². The lowest BCUT2D eigenvalue weighted by Gasteiger charge is -2.39. The molecule has 0 amide bonds. The first-order valence-corrected chi connectivity index (χ1v) is 5.20. The number of rotatable bonds is 1. The summed E-state index contributed by atoms with van der Waals surface area (Å²) in [6.07, 6.45) is 0. The maximum atomic E-state index is 8.95. The van der Waals surface area contributed by atoms with E-state index in [-0.39, 0.29) is 6.04 Å². The molecule has 4 heteroatoms. The molecule has 2 N–H and O–H groups in total. The predicted octanol–water partition coefficient (Wildman–Crippen LogP) is 1.47. The van der Waals surface area contributed by atoms with Crippen LogP contribution in [0.25, 0.3) is 0 Å². The van der Waals surface area contributed by atoms with Gasteiger partial charge in [0.25, 0.3) is 0 Å². The van der Waals surface area contributed by atoms with Gasteiger partial charge in [-0.15, -0.1) is 0 Å². The molecule has 0 bridgehead atoms. The molecule has 1 aliphatic heterocycles. The van der Waals surface area contributed by atoms with Gasteiger partial charge in [0.05, 0.1) is 11.3 Å². The molecular weight excluding hydrogens is 242 g/mol. The molecule has 1 aromatic carbocycles. The number of hydrogen-bond acceptors (Lipinski definition) is 3. The molecule has 1 aromatic rings. The van der Waals surface area contributed by atoms with Crippen LogP contribution in [0.5, 0.6) is 0 Å². The van der Waals surface area contributed by atoms with Crippen molar-refractivity contribution in [2.45, 2.75) is 6.04 Å². The second-order valence-corrected chi connectivity index (χ2v) is 4.35. The van der Waals surface area contributed by atoms with E-state index in [0.29, 0.717) is 5.56 Å². The Kier molecular flexibility index (Phi) is 2.44. The first-order valence-electron chi connectivity index (χ1n) is 4.41. The number of anilines is 1. The predicted molar refractivity (Wildman–Crippen MR) is 59.0 cm³/mol. The summed E-state index contributed by atoms with van der Waals surface area (Å²) in [5.41, 5.74) is 7.38. The molecular formula is C10H10BrN3. The van der Waals surface area contributed by atoms with Gasteiger partial charge < -0.3 is 10.6 Å². The van der Waals surface area contributed by atoms with E-state index in [2.05, 4.69) is 26.9 Å². The van der Waals surface area contributed by atoms with E-state index in [4.69, 9.17) is 11.0 Å². The van der Waals surface area contributed by atoms with Crippen LogP contribution in [-0.2, 0) is 0 Å². The lowest BCUT2D eigenvalue weighted by atomic mass is 10.1. The Balaban J connectivity index is 2.30. The van der Waals surface area contributed by atoms with Crippen molar-refractivity contribution in [3.8, 4) is 6.07 Å². The van der Waals surface area contributed by atoms with Crippen molar-refractivity contribution in [3.63, 3.8) is 0 Å². The molecule has 1 aliphatic rings. The van der Waals surface area contributed by atoms with Gasteiger partial charge in [-0.3, -0.25) is 0 Å². The Morgan fingerprint density at radius 1 is 1.50 bits per heavy atom. The Bertz CT molecular complexity index is 391. The number of nitrogens with zero attached hydrogens (tertiary/aromatic N) is 2. The zero-order valence-corrected chi connectivity index (χ0v) is 9.16. The van der Waals surface area contributed by atoms with Gasteiger partial charge in [0, 0.05) is 23.6 Å². The van der Waals surface area contributed by atoms with E-state index in [0.717, 1.165) is 23.2 Å². The molecule has 72 valence electrons. The minimum Gasteiger partial charge on any atom is -0.367 e. The molecule has 0 aromatic heterocycles. The summed E-state index contributed by atoms with van der Waals surface area (Å²) in [6, 6.07) is 8.17. The zero-order valence-electron chi connectivity index (χ0n) is 7.57. The lowest BCUT2D eigenvalue weighted by molar-refractivity contribution is 0.519. The minimum atomic E-state index is 0.255. The fourth-order valence-corrected chi connectivity index (χ4v) is 1.94. The normalized spacial score (nSPS) is 16.2. The maximum Gasteiger partial charge on any atom is 0.101 e. The van der Waals surface area contributed by atoms with Crippen molar-refractivity contribution in [1.82, 2.24) is 0 Å². The molecule has 3 nitrogen and oxygen atoms in total. The number of nitrogens with two attached hydrogens (primary N) is 1. The highest BCUT2D eigenvalue weighted by molar-refractivity contribution is 9.10. The number of benzene rings is 1. The van der Waals surface area contributed by atoms with Crippen LogP contribution in [0, 0.1) is 11.3 Å². The standard InChI is InChI=1S/C10H10BrN3/c11-8-1-2-10(7(3-8)4-12)14-5-9(13)6-14/h1-3,9H,5-6,13H2. The van der Waals surface area contributed by atoms with Crippen molar-refractivity contribution in [1.29, 1.82) is 5.26 Å². The monoisotopic (exact) mass is 251 g/mol. The second-order valence-electron chi connectivity index (χ2n) is 3.44. The summed E-state index contributed by atoms with van der Waals surface area (Å²) >= 11 is 3.34. The molecule has 0 atom stereocenters. The van der Waals surface area contributed by atoms with Crippen LogP contribution in [0.2, 0.25) is 0 Å². The van der Waals surface area contributed by atoms with Crippen molar-refractivity contribution in [3.05, 3.63) is 28.2 Å². The van der Waals surface area contributed by atoms with Gasteiger partial charge in [-0.2, -0.15) is 5.26 Å². The van der Waals surface area contributed by atoms with Crippen LogP contribution >= 0.6 is 15.9 Å². The van der Waals surface area contributed by atoms with Crippen molar-refractivity contribution in [2.24, 2.45) is 5.73 Å². The largest absolute Gasteiger partial charge is 0.367 e. The Morgan fingerprint density at radius 3 is 2.79 bits per heavy atom. The van der Waals surface area contributed by atoms with Crippen LogP contribution < -0.4 is 10.6 Å². The molecule has 1 saturated heterocycles. The maximum absolute atomic E-state index is 8.95. The van der Waals surface area contributed by atoms with E-state index >= 15 is 0 Å². The van der Waals surface area contributed by atoms with E-state index in [1.807, 2.05) is 18.2 Å². The fourth-order valence-electron chi connectivity index (χ4n) is 1.58. The van der Waals surface area contributed by atoms with Crippen molar-refractivity contribution >= 4 is 21.6 Å². The minimum absolute atomic E-state index is 0.255. The Labute approximate surface area is 91.2 Å². The SMILES string of the molecule is N#Cc1cc(Br)ccc1N1CC(N)C1.